The number of fused-ring (bicyclic) bond motifs is 1. The van der Waals surface area contributed by atoms with Crippen LogP contribution in [0.5, 0.6) is 11.6 Å². The molecule has 0 spiro atoms. The van der Waals surface area contributed by atoms with E-state index in [1.54, 1.807) is 0 Å². The molecule has 0 radical (unpaired) electrons. The van der Waals surface area contributed by atoms with E-state index in [2.05, 4.69) is 14.5 Å². The molecule has 8 nitrogen and oxygen atoms in total. The third-order valence-electron chi connectivity index (χ3n) is 6.49. The SMILES string of the molecule is COC(=O)Oc1ccc(-c2ccc(C(C)C(O)(c3cnc4c(c3)N(C)C(=O)CO4)C(F)(F)F)c(Cl)c2)cc1F. The summed E-state index contributed by atoms with van der Waals surface area (Å²) in [5.41, 5.74) is -3.51. The number of likely N-dealkylation sites (N-methyl/N-ethyl adjacent to an activating group) is 1. The second kappa shape index (κ2) is 10.3. The van der Waals surface area contributed by atoms with Crippen LogP contribution in [0.4, 0.5) is 28.0 Å². The fraction of sp³-hybridized carbons (Fsp3) is 0.269. The third-order valence-corrected chi connectivity index (χ3v) is 6.82. The molecule has 206 valence electrons. The van der Waals surface area contributed by atoms with Crippen molar-refractivity contribution < 1.29 is 46.5 Å². The predicted octanol–water partition coefficient (Wildman–Crippen LogP) is 5.60. The summed E-state index contributed by atoms with van der Waals surface area (Å²) in [4.78, 5) is 28.2. The van der Waals surface area contributed by atoms with Crippen molar-refractivity contribution in [2.75, 3.05) is 25.7 Å². The van der Waals surface area contributed by atoms with Crippen molar-refractivity contribution in [2.24, 2.45) is 0 Å². The van der Waals surface area contributed by atoms with E-state index in [1.165, 1.54) is 37.4 Å². The summed E-state index contributed by atoms with van der Waals surface area (Å²) in [6.07, 6.45) is -5.45. The van der Waals surface area contributed by atoms with Crippen LogP contribution in [0.15, 0.2) is 48.7 Å². The highest BCUT2D eigenvalue weighted by Crippen LogP contribution is 2.51. The number of halogens is 5. The van der Waals surface area contributed by atoms with Gasteiger partial charge in [0.1, 0.15) is 5.69 Å². The maximum Gasteiger partial charge on any atom is 0.513 e. The lowest BCUT2D eigenvalue weighted by atomic mass is 9.78. The Kier molecular flexibility index (Phi) is 7.46. The first-order chi connectivity index (χ1) is 18.3. The highest BCUT2D eigenvalue weighted by atomic mass is 35.5. The first kappa shape index (κ1) is 28.1. The molecule has 1 aromatic heterocycles. The van der Waals surface area contributed by atoms with Gasteiger partial charge >= 0.3 is 12.3 Å². The van der Waals surface area contributed by atoms with Crippen LogP contribution in [0.1, 0.15) is 24.0 Å². The van der Waals surface area contributed by atoms with Crippen molar-refractivity contribution in [2.45, 2.75) is 24.6 Å². The fourth-order valence-electron chi connectivity index (χ4n) is 4.20. The monoisotopic (exact) mass is 568 g/mol. The zero-order valence-electron chi connectivity index (χ0n) is 20.7. The van der Waals surface area contributed by atoms with Gasteiger partial charge in [0.2, 0.25) is 5.88 Å². The highest BCUT2D eigenvalue weighted by molar-refractivity contribution is 6.31. The molecule has 4 rings (SSSR count). The first-order valence-electron chi connectivity index (χ1n) is 11.3. The van der Waals surface area contributed by atoms with E-state index < -0.39 is 41.1 Å². The van der Waals surface area contributed by atoms with Gasteiger partial charge in [0.25, 0.3) is 5.91 Å². The number of amides is 1. The Hall–Kier alpha value is -3.90. The van der Waals surface area contributed by atoms with Gasteiger partial charge in [0.15, 0.2) is 23.8 Å². The van der Waals surface area contributed by atoms with Gasteiger partial charge in [0, 0.05) is 29.7 Å². The zero-order chi connectivity index (χ0) is 28.7. The number of carbonyl (C=O) groups is 2. The number of alkyl halides is 3. The van der Waals surface area contributed by atoms with Gasteiger partial charge in [-0.1, -0.05) is 36.7 Å². The van der Waals surface area contributed by atoms with Crippen molar-refractivity contribution in [3.8, 4) is 22.8 Å². The number of hydrogen-bond acceptors (Lipinski definition) is 7. The molecule has 1 aliphatic heterocycles. The number of ether oxygens (including phenoxy) is 3. The predicted molar refractivity (Wildman–Crippen MR) is 131 cm³/mol. The van der Waals surface area contributed by atoms with Gasteiger partial charge < -0.3 is 24.2 Å². The second-order valence-corrected chi connectivity index (χ2v) is 9.12. The molecule has 2 aromatic carbocycles. The van der Waals surface area contributed by atoms with E-state index in [1.807, 2.05) is 0 Å². The van der Waals surface area contributed by atoms with E-state index in [-0.39, 0.29) is 34.5 Å². The summed E-state index contributed by atoms with van der Waals surface area (Å²) in [5.74, 6) is -3.45. The van der Waals surface area contributed by atoms with Crippen molar-refractivity contribution in [3.05, 3.63) is 70.6 Å². The molecular weight excluding hydrogens is 548 g/mol. The van der Waals surface area contributed by atoms with Gasteiger partial charge in [-0.2, -0.15) is 13.2 Å². The average Bonchev–Trinajstić information content (AvgIpc) is 2.90. The van der Waals surface area contributed by atoms with Crippen LogP contribution in [-0.2, 0) is 15.1 Å². The second-order valence-electron chi connectivity index (χ2n) is 8.71. The molecule has 1 N–H and O–H groups in total. The molecule has 2 heterocycles. The Balaban J connectivity index is 1.71. The Morgan fingerprint density at radius 3 is 2.46 bits per heavy atom. The molecule has 0 saturated heterocycles. The maximum atomic E-state index is 14.5. The van der Waals surface area contributed by atoms with E-state index in [9.17, 15) is 32.3 Å². The normalized spacial score (nSPS) is 15.6. The number of aromatic nitrogens is 1. The summed E-state index contributed by atoms with van der Waals surface area (Å²) in [6, 6.07) is 8.69. The molecule has 13 heteroatoms. The molecule has 2 unspecified atom stereocenters. The van der Waals surface area contributed by atoms with Crippen LogP contribution in [0.2, 0.25) is 5.02 Å². The van der Waals surface area contributed by atoms with Gasteiger partial charge in [-0.15, -0.1) is 0 Å². The fourth-order valence-corrected chi connectivity index (χ4v) is 4.54. The number of hydrogen-bond donors (Lipinski definition) is 1. The Morgan fingerprint density at radius 1 is 1.18 bits per heavy atom. The van der Waals surface area contributed by atoms with E-state index >= 15 is 0 Å². The van der Waals surface area contributed by atoms with Crippen molar-refractivity contribution in [3.63, 3.8) is 0 Å². The zero-order valence-corrected chi connectivity index (χ0v) is 21.4. The molecule has 3 aromatic rings. The summed E-state index contributed by atoms with van der Waals surface area (Å²) in [6.45, 7) is 0.834. The van der Waals surface area contributed by atoms with Gasteiger partial charge in [-0.05, 0) is 41.0 Å². The van der Waals surface area contributed by atoms with E-state index in [0.717, 1.165) is 37.3 Å². The molecular formula is C26H21ClF4N2O6. The van der Waals surface area contributed by atoms with E-state index in [4.69, 9.17) is 16.3 Å². The lowest BCUT2D eigenvalue weighted by Crippen LogP contribution is -2.47. The van der Waals surface area contributed by atoms with Crippen LogP contribution < -0.4 is 14.4 Å². The summed E-state index contributed by atoms with van der Waals surface area (Å²) < 4.78 is 72.1. The number of pyridine rings is 1. The number of benzene rings is 2. The number of carbonyl (C=O) groups excluding carboxylic acids is 2. The summed E-state index contributed by atoms with van der Waals surface area (Å²) in [7, 11) is 2.42. The van der Waals surface area contributed by atoms with Crippen LogP contribution >= 0.6 is 11.6 Å². The number of aliphatic hydroxyl groups is 1. The minimum atomic E-state index is -5.18. The Morgan fingerprint density at radius 2 is 1.85 bits per heavy atom. The average molecular weight is 569 g/mol. The van der Waals surface area contributed by atoms with Crippen molar-refractivity contribution in [1.82, 2.24) is 4.98 Å². The number of anilines is 1. The molecule has 2 atom stereocenters. The van der Waals surface area contributed by atoms with Gasteiger partial charge in [-0.3, -0.25) is 4.79 Å². The quantitative estimate of drug-likeness (QED) is 0.243. The van der Waals surface area contributed by atoms with Crippen LogP contribution in [0, 0.1) is 5.82 Å². The molecule has 1 aliphatic rings. The maximum absolute atomic E-state index is 14.5. The van der Waals surface area contributed by atoms with Crippen molar-refractivity contribution in [1.29, 1.82) is 0 Å². The molecule has 0 fully saturated rings. The van der Waals surface area contributed by atoms with Crippen molar-refractivity contribution >= 4 is 29.4 Å². The minimum absolute atomic E-state index is 0.0262. The smallest absolute Gasteiger partial charge is 0.466 e. The topological polar surface area (TPSA) is 98.2 Å². The number of nitrogens with zero attached hydrogens (tertiary/aromatic N) is 2. The minimum Gasteiger partial charge on any atom is -0.466 e. The van der Waals surface area contributed by atoms with E-state index in [0.29, 0.717) is 11.1 Å². The first-order valence-corrected chi connectivity index (χ1v) is 11.7. The summed E-state index contributed by atoms with van der Waals surface area (Å²) >= 11 is 6.39. The third kappa shape index (κ3) is 5.09. The summed E-state index contributed by atoms with van der Waals surface area (Å²) in [5, 5.41) is 11.1. The molecule has 0 bridgehead atoms. The molecule has 0 saturated carbocycles. The lowest BCUT2D eigenvalue weighted by Gasteiger charge is -2.37. The van der Waals surface area contributed by atoms with Crippen LogP contribution in [0.25, 0.3) is 11.1 Å². The number of rotatable bonds is 5. The van der Waals surface area contributed by atoms with Crippen LogP contribution in [-0.4, -0.2) is 49.1 Å². The van der Waals surface area contributed by atoms with Gasteiger partial charge in [-0.25, -0.2) is 14.2 Å². The molecule has 0 aliphatic carbocycles. The Bertz CT molecular complexity index is 1450. The largest absolute Gasteiger partial charge is 0.513 e. The highest BCUT2D eigenvalue weighted by Gasteiger charge is 2.59. The Labute approximate surface area is 224 Å². The van der Waals surface area contributed by atoms with Gasteiger partial charge in [0.05, 0.1) is 7.11 Å². The number of methoxy groups -OCH3 is 1. The van der Waals surface area contributed by atoms with Crippen LogP contribution in [0.3, 0.4) is 0 Å². The lowest BCUT2D eigenvalue weighted by molar-refractivity contribution is -0.274. The molecule has 1 amide bonds. The standard InChI is InChI=1S/C26H21ClF4N2O6/c1-13(25(36,26(29,30)31)16-10-20-23(32-11-16)38-12-22(34)33(20)2)17-6-4-14(8-18(17)27)15-5-7-21(19(28)9-15)39-24(35)37-3/h4-11,13,36H,12H2,1-3H3. The molecule has 39 heavy (non-hydrogen) atoms.